The van der Waals surface area contributed by atoms with Gasteiger partial charge in [-0.15, -0.1) is 0 Å². The number of hydrogen-bond donors (Lipinski definition) is 2. The summed E-state index contributed by atoms with van der Waals surface area (Å²) in [6.45, 7) is 3.35. The molecule has 0 aliphatic rings. The number of nitrogens with one attached hydrogen (secondary N) is 2. The third kappa shape index (κ3) is 6.10. The van der Waals surface area contributed by atoms with Gasteiger partial charge in [-0.2, -0.15) is 0 Å². The Morgan fingerprint density at radius 1 is 1.11 bits per heavy atom. The molecule has 0 radical (unpaired) electrons. The van der Waals surface area contributed by atoms with Gasteiger partial charge in [0, 0.05) is 17.8 Å². The predicted octanol–water partition coefficient (Wildman–Crippen LogP) is 2.75. The van der Waals surface area contributed by atoms with Crippen LogP contribution in [-0.2, 0) is 9.59 Å². The number of non-ortho nitro benzene ring substituents is 1. The number of nitro benzene ring substituents is 1. The zero-order valence-corrected chi connectivity index (χ0v) is 15.0. The zero-order chi connectivity index (χ0) is 19.8. The molecule has 2 rings (SSSR count). The van der Waals surface area contributed by atoms with Gasteiger partial charge in [0.25, 0.3) is 11.6 Å². The molecule has 0 saturated heterocycles. The quantitative estimate of drug-likeness (QED) is 0.547. The maximum absolute atomic E-state index is 12.5. The third-order valence-corrected chi connectivity index (χ3v) is 3.70. The molecule has 0 unspecified atom stereocenters. The number of nitro groups is 1. The molecule has 0 aliphatic carbocycles. The second-order valence-electron chi connectivity index (χ2n) is 6.19. The van der Waals surface area contributed by atoms with Gasteiger partial charge in [0.1, 0.15) is 11.8 Å². The fourth-order valence-electron chi connectivity index (χ4n) is 2.33. The molecule has 0 fully saturated rings. The third-order valence-electron chi connectivity index (χ3n) is 3.70. The summed E-state index contributed by atoms with van der Waals surface area (Å²) < 4.78 is 5.37. The molecule has 0 aliphatic heterocycles. The summed E-state index contributed by atoms with van der Waals surface area (Å²) in [7, 11) is 0. The Bertz CT molecular complexity index is 808. The van der Waals surface area contributed by atoms with Gasteiger partial charge in [-0.3, -0.25) is 19.7 Å². The molecule has 0 bridgehead atoms. The van der Waals surface area contributed by atoms with Crippen LogP contribution in [0.4, 0.5) is 11.4 Å². The standard InChI is InChI=1S/C19H21N3O5/c1-13(2)18(21-17(23)12-27-16-9-4-3-5-10-16)19(24)20-14-7-6-8-15(11-14)22(25)26/h3-11,13,18H,12H2,1-2H3,(H,20,24)(H,21,23)/t18-/m0/s1. The van der Waals surface area contributed by atoms with Crippen molar-refractivity contribution in [3.63, 3.8) is 0 Å². The van der Waals surface area contributed by atoms with E-state index in [9.17, 15) is 19.7 Å². The predicted molar refractivity (Wildman–Crippen MR) is 100 cm³/mol. The number of amides is 2. The van der Waals surface area contributed by atoms with Gasteiger partial charge in [-0.1, -0.05) is 38.1 Å². The van der Waals surface area contributed by atoms with Crippen LogP contribution in [0.25, 0.3) is 0 Å². The van der Waals surface area contributed by atoms with Gasteiger partial charge in [-0.25, -0.2) is 0 Å². The molecule has 8 nitrogen and oxygen atoms in total. The number of anilines is 1. The molecule has 1 atom stereocenters. The largest absolute Gasteiger partial charge is 0.484 e. The molecule has 2 aromatic carbocycles. The number of nitrogens with zero attached hydrogens (tertiary/aromatic N) is 1. The van der Waals surface area contributed by atoms with E-state index in [0.717, 1.165) is 0 Å². The van der Waals surface area contributed by atoms with Crippen LogP contribution in [-0.4, -0.2) is 29.4 Å². The Kier molecular flexibility index (Phi) is 6.87. The first-order valence-electron chi connectivity index (χ1n) is 8.39. The first kappa shape index (κ1) is 19.9. The minimum Gasteiger partial charge on any atom is -0.484 e. The molecular weight excluding hydrogens is 350 g/mol. The van der Waals surface area contributed by atoms with Gasteiger partial charge < -0.3 is 15.4 Å². The van der Waals surface area contributed by atoms with Crippen molar-refractivity contribution in [3.05, 3.63) is 64.7 Å². The number of hydrogen-bond acceptors (Lipinski definition) is 5. The second-order valence-corrected chi connectivity index (χ2v) is 6.19. The lowest BCUT2D eigenvalue weighted by molar-refractivity contribution is -0.384. The van der Waals surface area contributed by atoms with E-state index in [1.54, 1.807) is 44.2 Å². The van der Waals surface area contributed by atoms with Crippen molar-refractivity contribution in [2.24, 2.45) is 5.92 Å². The summed E-state index contributed by atoms with van der Waals surface area (Å²) >= 11 is 0. The van der Waals surface area contributed by atoms with Crippen LogP contribution in [0.2, 0.25) is 0 Å². The van der Waals surface area contributed by atoms with Gasteiger partial charge in [0.15, 0.2) is 6.61 Å². The maximum Gasteiger partial charge on any atom is 0.271 e. The number of ether oxygens (including phenoxy) is 1. The van der Waals surface area contributed by atoms with E-state index in [2.05, 4.69) is 10.6 Å². The van der Waals surface area contributed by atoms with Crippen molar-refractivity contribution in [1.29, 1.82) is 0 Å². The van der Waals surface area contributed by atoms with Crippen LogP contribution in [0.3, 0.4) is 0 Å². The highest BCUT2D eigenvalue weighted by Crippen LogP contribution is 2.18. The van der Waals surface area contributed by atoms with Gasteiger partial charge >= 0.3 is 0 Å². The molecule has 2 aromatic rings. The number of rotatable bonds is 8. The minimum absolute atomic E-state index is 0.130. The van der Waals surface area contributed by atoms with Crippen LogP contribution in [0.5, 0.6) is 5.75 Å². The highest BCUT2D eigenvalue weighted by Gasteiger charge is 2.24. The minimum atomic E-state index is -0.809. The number of para-hydroxylation sites is 1. The van der Waals surface area contributed by atoms with Crippen LogP contribution >= 0.6 is 0 Å². The van der Waals surface area contributed by atoms with Crippen LogP contribution in [0.1, 0.15) is 13.8 Å². The lowest BCUT2D eigenvalue weighted by Crippen LogP contribution is -2.48. The van der Waals surface area contributed by atoms with E-state index in [-0.39, 0.29) is 23.9 Å². The van der Waals surface area contributed by atoms with Crippen molar-refractivity contribution < 1.29 is 19.2 Å². The highest BCUT2D eigenvalue weighted by molar-refractivity contribution is 5.97. The Hall–Kier alpha value is -3.42. The number of carbonyl (C=O) groups is 2. The smallest absolute Gasteiger partial charge is 0.271 e. The average molecular weight is 371 g/mol. The molecule has 142 valence electrons. The normalized spacial score (nSPS) is 11.5. The monoisotopic (exact) mass is 371 g/mol. The molecule has 0 saturated carbocycles. The fraction of sp³-hybridized carbons (Fsp3) is 0.263. The molecule has 2 amide bonds. The molecule has 0 aromatic heterocycles. The van der Waals surface area contributed by atoms with Crippen molar-refractivity contribution in [3.8, 4) is 5.75 Å². The molecule has 0 spiro atoms. The summed E-state index contributed by atoms with van der Waals surface area (Å²) in [4.78, 5) is 34.9. The van der Waals surface area contributed by atoms with Crippen molar-refractivity contribution >= 4 is 23.2 Å². The van der Waals surface area contributed by atoms with Crippen molar-refractivity contribution in [2.45, 2.75) is 19.9 Å². The first-order chi connectivity index (χ1) is 12.9. The van der Waals surface area contributed by atoms with Gasteiger partial charge in [-0.05, 0) is 24.1 Å². The molecular formula is C19H21N3O5. The number of carbonyl (C=O) groups excluding carboxylic acids is 2. The summed E-state index contributed by atoms with van der Waals surface area (Å²) in [5.74, 6) is -0.538. The first-order valence-corrected chi connectivity index (χ1v) is 8.39. The van der Waals surface area contributed by atoms with Crippen LogP contribution in [0, 0.1) is 16.0 Å². The average Bonchev–Trinajstić information content (AvgIpc) is 2.65. The van der Waals surface area contributed by atoms with E-state index in [4.69, 9.17) is 4.74 Å². The SMILES string of the molecule is CC(C)[C@H](NC(=O)COc1ccccc1)C(=O)Nc1cccc([N+](=O)[O-])c1. The lowest BCUT2D eigenvalue weighted by Gasteiger charge is -2.21. The molecule has 27 heavy (non-hydrogen) atoms. The maximum atomic E-state index is 12.5. The summed E-state index contributed by atoms with van der Waals surface area (Å²) in [6.07, 6.45) is 0. The Balaban J connectivity index is 1.97. The summed E-state index contributed by atoms with van der Waals surface area (Å²) in [6, 6.07) is 13.7. The number of benzene rings is 2. The molecule has 0 heterocycles. The molecule has 2 N–H and O–H groups in total. The van der Waals surface area contributed by atoms with E-state index in [1.807, 2.05) is 6.07 Å². The van der Waals surface area contributed by atoms with Crippen molar-refractivity contribution in [2.75, 3.05) is 11.9 Å². The zero-order valence-electron chi connectivity index (χ0n) is 15.0. The Labute approximate surface area is 156 Å². The van der Waals surface area contributed by atoms with E-state index in [1.165, 1.54) is 18.2 Å². The van der Waals surface area contributed by atoms with E-state index in [0.29, 0.717) is 5.75 Å². The molecule has 8 heteroatoms. The summed E-state index contributed by atoms with van der Waals surface area (Å²) in [5, 5.41) is 16.1. The van der Waals surface area contributed by atoms with Gasteiger partial charge in [0.2, 0.25) is 5.91 Å². The van der Waals surface area contributed by atoms with E-state index < -0.39 is 22.8 Å². The Morgan fingerprint density at radius 2 is 1.81 bits per heavy atom. The topological polar surface area (TPSA) is 111 Å². The van der Waals surface area contributed by atoms with Crippen LogP contribution < -0.4 is 15.4 Å². The van der Waals surface area contributed by atoms with Crippen LogP contribution in [0.15, 0.2) is 54.6 Å². The Morgan fingerprint density at radius 3 is 2.44 bits per heavy atom. The lowest BCUT2D eigenvalue weighted by atomic mass is 10.0. The van der Waals surface area contributed by atoms with E-state index >= 15 is 0 Å². The van der Waals surface area contributed by atoms with Gasteiger partial charge in [0.05, 0.1) is 4.92 Å². The summed E-state index contributed by atoms with van der Waals surface area (Å²) in [5.41, 5.74) is 0.156. The second kappa shape index (κ2) is 9.33. The van der Waals surface area contributed by atoms with Crippen molar-refractivity contribution in [1.82, 2.24) is 5.32 Å². The highest BCUT2D eigenvalue weighted by atomic mass is 16.6. The fourth-order valence-corrected chi connectivity index (χ4v) is 2.33.